The van der Waals surface area contributed by atoms with Crippen molar-refractivity contribution in [3.63, 3.8) is 0 Å². The van der Waals surface area contributed by atoms with Crippen molar-refractivity contribution in [3.05, 3.63) is 17.7 Å². The fraction of sp³-hybridized carbons (Fsp3) is 0.583. The molecule has 0 radical (unpaired) electrons. The second kappa shape index (κ2) is 6.12. The van der Waals surface area contributed by atoms with E-state index in [0.717, 1.165) is 25.7 Å². The highest BCUT2D eigenvalue weighted by atomic mass is 19.1. The van der Waals surface area contributed by atoms with Crippen molar-refractivity contribution >= 4 is 11.6 Å². The summed E-state index contributed by atoms with van der Waals surface area (Å²) in [6.45, 7) is 5.78. The Balaban J connectivity index is 1.93. The van der Waals surface area contributed by atoms with Crippen LogP contribution in [0.4, 0.5) is 20.4 Å². The number of hydrogen-bond acceptors (Lipinski definition) is 5. The molecule has 5 nitrogen and oxygen atoms in total. The zero-order valence-electron chi connectivity index (χ0n) is 10.8. The number of nitrogens with zero attached hydrogens (tertiary/aromatic N) is 2. The first-order valence-electron chi connectivity index (χ1n) is 6.29. The zero-order chi connectivity index (χ0) is 13.8. The van der Waals surface area contributed by atoms with Crippen LogP contribution in [0, 0.1) is 11.6 Å². The molecule has 2 rings (SSSR count). The van der Waals surface area contributed by atoms with E-state index in [1.165, 1.54) is 0 Å². The molecule has 1 aliphatic rings. The zero-order valence-corrected chi connectivity index (χ0v) is 10.8. The topological polar surface area (TPSA) is 63.4 Å². The van der Waals surface area contributed by atoms with Gasteiger partial charge in [0.25, 0.3) is 0 Å². The van der Waals surface area contributed by atoms with Crippen LogP contribution in [0.5, 0.6) is 0 Å². The third kappa shape index (κ3) is 3.51. The standard InChI is InChI=1S/C12H18F2N4O/c1-2-18-3-4-19-8(7-18)6-16-12-10(14)5-9(13)11(15)17-12/h5,8H,2-4,6-7H2,1H3,(H3,15,16,17). The Morgan fingerprint density at radius 1 is 1.53 bits per heavy atom. The molecule has 1 aromatic heterocycles. The predicted octanol–water partition coefficient (Wildman–Crippen LogP) is 1.07. The lowest BCUT2D eigenvalue weighted by Gasteiger charge is -2.32. The highest BCUT2D eigenvalue weighted by Crippen LogP contribution is 2.17. The van der Waals surface area contributed by atoms with Crippen LogP contribution in [0.3, 0.4) is 0 Å². The Bertz CT molecular complexity index is 444. The van der Waals surface area contributed by atoms with E-state index < -0.39 is 11.6 Å². The van der Waals surface area contributed by atoms with Gasteiger partial charge in [0.1, 0.15) is 0 Å². The lowest BCUT2D eigenvalue weighted by Crippen LogP contribution is -2.45. The molecule has 3 N–H and O–H groups in total. The Morgan fingerprint density at radius 3 is 3.05 bits per heavy atom. The summed E-state index contributed by atoms with van der Waals surface area (Å²) in [7, 11) is 0. The molecular formula is C12H18F2N4O. The number of nitrogen functional groups attached to an aromatic ring is 1. The third-order valence-electron chi connectivity index (χ3n) is 3.12. The van der Waals surface area contributed by atoms with Gasteiger partial charge in [-0.15, -0.1) is 0 Å². The van der Waals surface area contributed by atoms with E-state index in [1.54, 1.807) is 0 Å². The molecule has 1 aromatic rings. The SMILES string of the molecule is CCN1CCOC(CNc2nc(N)c(F)cc2F)C1. The summed E-state index contributed by atoms with van der Waals surface area (Å²) in [5, 5.41) is 2.81. The van der Waals surface area contributed by atoms with Gasteiger partial charge in [-0.3, -0.25) is 4.90 Å². The molecule has 0 spiro atoms. The van der Waals surface area contributed by atoms with E-state index in [4.69, 9.17) is 10.5 Å². The molecule has 0 amide bonds. The molecule has 0 aliphatic carbocycles. The molecule has 0 aromatic carbocycles. The van der Waals surface area contributed by atoms with Crippen LogP contribution in [0.15, 0.2) is 6.07 Å². The van der Waals surface area contributed by atoms with Crippen molar-refractivity contribution in [2.24, 2.45) is 0 Å². The van der Waals surface area contributed by atoms with Gasteiger partial charge in [0, 0.05) is 25.7 Å². The van der Waals surface area contributed by atoms with Crippen molar-refractivity contribution in [1.29, 1.82) is 0 Å². The lowest BCUT2D eigenvalue weighted by molar-refractivity contribution is -0.0192. The van der Waals surface area contributed by atoms with E-state index in [9.17, 15) is 8.78 Å². The van der Waals surface area contributed by atoms with E-state index in [-0.39, 0.29) is 17.7 Å². The Kier molecular flexibility index (Phi) is 4.49. The van der Waals surface area contributed by atoms with E-state index in [2.05, 4.69) is 22.1 Å². The van der Waals surface area contributed by atoms with Gasteiger partial charge in [-0.1, -0.05) is 6.92 Å². The van der Waals surface area contributed by atoms with Crippen molar-refractivity contribution in [2.75, 3.05) is 43.8 Å². The number of nitrogens with one attached hydrogen (secondary N) is 1. The minimum atomic E-state index is -0.853. The lowest BCUT2D eigenvalue weighted by atomic mass is 10.2. The first-order chi connectivity index (χ1) is 9.10. The van der Waals surface area contributed by atoms with E-state index >= 15 is 0 Å². The fourth-order valence-electron chi connectivity index (χ4n) is 2.01. The van der Waals surface area contributed by atoms with Crippen molar-refractivity contribution in [1.82, 2.24) is 9.88 Å². The minimum Gasteiger partial charge on any atom is -0.381 e. The van der Waals surface area contributed by atoms with Crippen molar-refractivity contribution in [3.8, 4) is 0 Å². The summed E-state index contributed by atoms with van der Waals surface area (Å²) in [6.07, 6.45) is -0.0406. The number of nitrogens with two attached hydrogens (primary N) is 1. The molecule has 19 heavy (non-hydrogen) atoms. The number of ether oxygens (including phenoxy) is 1. The second-order valence-electron chi connectivity index (χ2n) is 4.45. The molecule has 0 saturated carbocycles. The summed E-state index contributed by atoms with van der Waals surface area (Å²) in [6, 6.07) is 0.727. The number of pyridine rings is 1. The summed E-state index contributed by atoms with van der Waals surface area (Å²) >= 11 is 0. The van der Waals surface area contributed by atoms with Gasteiger partial charge in [-0.2, -0.15) is 0 Å². The van der Waals surface area contributed by atoms with Crippen LogP contribution in [-0.2, 0) is 4.74 Å². The minimum absolute atomic E-state index is 0.0406. The van der Waals surface area contributed by atoms with Crippen LogP contribution in [-0.4, -0.2) is 48.8 Å². The largest absolute Gasteiger partial charge is 0.381 e. The number of anilines is 2. The molecule has 7 heteroatoms. The van der Waals surface area contributed by atoms with Crippen LogP contribution in [0.2, 0.25) is 0 Å². The predicted molar refractivity (Wildman–Crippen MR) is 68.9 cm³/mol. The molecule has 1 unspecified atom stereocenters. The first-order valence-corrected chi connectivity index (χ1v) is 6.29. The maximum absolute atomic E-state index is 13.5. The van der Waals surface area contributed by atoms with Crippen LogP contribution in [0.1, 0.15) is 6.92 Å². The number of hydrogen-bond donors (Lipinski definition) is 2. The molecule has 1 fully saturated rings. The molecule has 1 aliphatic heterocycles. The van der Waals surface area contributed by atoms with Gasteiger partial charge in [-0.25, -0.2) is 13.8 Å². The average molecular weight is 272 g/mol. The number of likely N-dealkylation sites (N-methyl/N-ethyl adjacent to an activating group) is 1. The van der Waals surface area contributed by atoms with Gasteiger partial charge in [0.05, 0.1) is 12.7 Å². The highest BCUT2D eigenvalue weighted by molar-refractivity contribution is 5.44. The van der Waals surface area contributed by atoms with Crippen LogP contribution in [0.25, 0.3) is 0 Å². The highest BCUT2D eigenvalue weighted by Gasteiger charge is 2.20. The van der Waals surface area contributed by atoms with Gasteiger partial charge >= 0.3 is 0 Å². The Labute approximate surface area is 110 Å². The second-order valence-corrected chi connectivity index (χ2v) is 4.45. The molecule has 106 valence electrons. The summed E-state index contributed by atoms with van der Waals surface area (Å²) in [4.78, 5) is 5.89. The number of aromatic nitrogens is 1. The van der Waals surface area contributed by atoms with E-state index in [0.29, 0.717) is 13.2 Å². The Hall–Kier alpha value is -1.47. The smallest absolute Gasteiger partial charge is 0.168 e. The van der Waals surface area contributed by atoms with Gasteiger partial charge in [-0.05, 0) is 6.54 Å². The number of rotatable bonds is 4. The van der Waals surface area contributed by atoms with Gasteiger partial charge in [0.2, 0.25) is 0 Å². The summed E-state index contributed by atoms with van der Waals surface area (Å²) in [5.74, 6) is -1.97. The van der Waals surface area contributed by atoms with Gasteiger partial charge < -0.3 is 15.8 Å². The van der Waals surface area contributed by atoms with Gasteiger partial charge in [0.15, 0.2) is 23.3 Å². The first kappa shape index (κ1) is 14.0. The molecule has 2 heterocycles. The quantitative estimate of drug-likeness (QED) is 0.858. The summed E-state index contributed by atoms with van der Waals surface area (Å²) < 4.78 is 32.0. The van der Waals surface area contributed by atoms with Crippen molar-refractivity contribution < 1.29 is 13.5 Å². The monoisotopic (exact) mass is 272 g/mol. The normalized spacial score (nSPS) is 20.5. The maximum atomic E-state index is 13.5. The third-order valence-corrected chi connectivity index (χ3v) is 3.12. The molecule has 0 bridgehead atoms. The molecule has 1 saturated heterocycles. The van der Waals surface area contributed by atoms with Crippen molar-refractivity contribution in [2.45, 2.75) is 13.0 Å². The van der Waals surface area contributed by atoms with E-state index in [1.807, 2.05) is 0 Å². The number of halogens is 2. The van der Waals surface area contributed by atoms with Crippen LogP contribution >= 0.6 is 0 Å². The number of morpholine rings is 1. The molecular weight excluding hydrogens is 254 g/mol. The maximum Gasteiger partial charge on any atom is 0.168 e. The average Bonchev–Trinajstić information content (AvgIpc) is 2.41. The fourth-order valence-corrected chi connectivity index (χ4v) is 2.01. The summed E-state index contributed by atoms with van der Waals surface area (Å²) in [5.41, 5.74) is 5.31. The van der Waals surface area contributed by atoms with Crippen LogP contribution < -0.4 is 11.1 Å². The molecule has 1 atom stereocenters. The Morgan fingerprint density at radius 2 is 2.32 bits per heavy atom.